The lowest BCUT2D eigenvalue weighted by molar-refractivity contribution is -0.140. The number of ether oxygens (including phenoxy) is 2. The minimum absolute atomic E-state index is 0.274. The summed E-state index contributed by atoms with van der Waals surface area (Å²) in [4.78, 5) is 24.7. The van der Waals surface area contributed by atoms with Crippen molar-refractivity contribution in [2.75, 3.05) is 7.11 Å². The van der Waals surface area contributed by atoms with E-state index in [1.165, 1.54) is 6.08 Å². The number of rotatable bonds is 7. The van der Waals surface area contributed by atoms with E-state index in [0.717, 1.165) is 22.6 Å². The molecule has 1 unspecified atom stereocenters. The van der Waals surface area contributed by atoms with Crippen LogP contribution in [0.25, 0.3) is 11.8 Å². The normalized spacial score (nSPS) is 12.0. The van der Waals surface area contributed by atoms with Gasteiger partial charge in [0.2, 0.25) is 5.78 Å². The van der Waals surface area contributed by atoms with Crippen molar-refractivity contribution < 1.29 is 19.1 Å². The van der Waals surface area contributed by atoms with Crippen molar-refractivity contribution >= 4 is 17.8 Å². The Bertz CT molecular complexity index is 1070. The zero-order valence-electron chi connectivity index (χ0n) is 17.5. The van der Waals surface area contributed by atoms with Crippen LogP contribution >= 0.6 is 0 Å². The zero-order chi connectivity index (χ0) is 21.7. The Kier molecular flexibility index (Phi) is 6.47. The van der Waals surface area contributed by atoms with Crippen LogP contribution in [0.15, 0.2) is 60.7 Å². The molecule has 6 nitrogen and oxygen atoms in total. The number of esters is 1. The van der Waals surface area contributed by atoms with Gasteiger partial charge in [-0.1, -0.05) is 18.2 Å². The van der Waals surface area contributed by atoms with E-state index in [-0.39, 0.29) is 5.78 Å². The van der Waals surface area contributed by atoms with Gasteiger partial charge in [-0.05, 0) is 63.2 Å². The molecule has 2 aromatic carbocycles. The first-order valence-electron chi connectivity index (χ1n) is 9.59. The first-order valence-corrected chi connectivity index (χ1v) is 9.59. The van der Waals surface area contributed by atoms with Crippen LogP contribution < -0.4 is 4.74 Å². The Hall–Kier alpha value is -3.67. The number of carbonyl (C=O) groups is 2. The highest BCUT2D eigenvalue weighted by molar-refractivity contribution is 6.01. The highest BCUT2D eigenvalue weighted by atomic mass is 16.5. The summed E-state index contributed by atoms with van der Waals surface area (Å²) in [7, 11) is 1.56. The fraction of sp³-hybridized carbons (Fsp3) is 0.208. The Morgan fingerprint density at radius 3 is 2.33 bits per heavy atom. The Balaban J connectivity index is 1.68. The molecule has 0 spiro atoms. The van der Waals surface area contributed by atoms with E-state index in [1.54, 1.807) is 44.4 Å². The molecular formula is C24H24N2O4. The second kappa shape index (κ2) is 9.22. The number of aryl methyl sites for hydroxylation is 1. The van der Waals surface area contributed by atoms with Crippen LogP contribution in [0.2, 0.25) is 0 Å². The lowest BCUT2D eigenvalue weighted by Gasteiger charge is -2.11. The summed E-state index contributed by atoms with van der Waals surface area (Å²) in [5.41, 5.74) is 3.94. The second-order valence-corrected chi connectivity index (χ2v) is 6.84. The molecule has 0 aliphatic rings. The molecule has 0 fully saturated rings. The first kappa shape index (κ1) is 21.0. The molecule has 1 heterocycles. The van der Waals surface area contributed by atoms with Crippen molar-refractivity contribution in [3.63, 3.8) is 0 Å². The number of methoxy groups -OCH3 is 1. The summed E-state index contributed by atoms with van der Waals surface area (Å²) in [6, 6.07) is 16.4. The summed E-state index contributed by atoms with van der Waals surface area (Å²) in [6.07, 6.45) is 2.10. The van der Waals surface area contributed by atoms with Crippen molar-refractivity contribution in [1.29, 1.82) is 0 Å². The van der Waals surface area contributed by atoms with E-state index in [4.69, 9.17) is 9.47 Å². The summed E-state index contributed by atoms with van der Waals surface area (Å²) in [6.45, 7) is 5.38. The molecule has 1 aromatic heterocycles. The van der Waals surface area contributed by atoms with E-state index in [2.05, 4.69) is 5.10 Å². The molecular weight excluding hydrogens is 380 g/mol. The molecule has 3 rings (SSSR count). The molecule has 154 valence electrons. The maximum Gasteiger partial charge on any atom is 0.331 e. The second-order valence-electron chi connectivity index (χ2n) is 6.84. The quantitative estimate of drug-likeness (QED) is 0.333. The van der Waals surface area contributed by atoms with E-state index in [9.17, 15) is 9.59 Å². The zero-order valence-corrected chi connectivity index (χ0v) is 17.5. The number of nitrogens with zero attached hydrogens (tertiary/aromatic N) is 2. The SMILES string of the molecule is COc1ccc(C(=O)C(C)OC(=O)C=Cc2c(C)nn(-c3ccccc3)c2C)cc1. The highest BCUT2D eigenvalue weighted by Crippen LogP contribution is 2.19. The van der Waals surface area contributed by atoms with Gasteiger partial charge in [-0.15, -0.1) is 0 Å². The average Bonchev–Trinajstić information content (AvgIpc) is 3.05. The summed E-state index contributed by atoms with van der Waals surface area (Å²) < 4.78 is 12.2. The lowest BCUT2D eigenvalue weighted by atomic mass is 10.1. The van der Waals surface area contributed by atoms with Gasteiger partial charge in [0.25, 0.3) is 0 Å². The third-order valence-electron chi connectivity index (χ3n) is 4.77. The summed E-state index contributed by atoms with van der Waals surface area (Å²) in [5, 5.41) is 4.55. The predicted molar refractivity (Wildman–Crippen MR) is 115 cm³/mol. The van der Waals surface area contributed by atoms with Crippen LogP contribution in [0.5, 0.6) is 5.75 Å². The molecule has 0 aliphatic heterocycles. The molecule has 0 radical (unpaired) electrons. The molecule has 0 bridgehead atoms. The Labute approximate surface area is 175 Å². The van der Waals surface area contributed by atoms with Gasteiger partial charge in [0.05, 0.1) is 18.5 Å². The lowest BCUT2D eigenvalue weighted by Crippen LogP contribution is -2.23. The molecule has 1 atom stereocenters. The highest BCUT2D eigenvalue weighted by Gasteiger charge is 2.19. The number of hydrogen-bond acceptors (Lipinski definition) is 5. The number of ketones is 1. The van der Waals surface area contributed by atoms with Gasteiger partial charge >= 0.3 is 5.97 Å². The van der Waals surface area contributed by atoms with Crippen LogP contribution in [0, 0.1) is 13.8 Å². The molecule has 0 N–H and O–H groups in total. The maximum atomic E-state index is 12.5. The maximum absolute atomic E-state index is 12.5. The number of aromatic nitrogens is 2. The fourth-order valence-corrected chi connectivity index (χ4v) is 3.12. The standard InChI is InChI=1S/C24H24N2O4/c1-16-22(17(2)26(25-16)20-8-6-5-7-9-20)14-15-23(27)30-18(3)24(28)19-10-12-21(29-4)13-11-19/h5-15,18H,1-4H3. The van der Waals surface area contributed by atoms with Crippen molar-refractivity contribution in [3.8, 4) is 11.4 Å². The average molecular weight is 404 g/mol. The van der Waals surface area contributed by atoms with Crippen molar-refractivity contribution in [2.45, 2.75) is 26.9 Å². The summed E-state index contributed by atoms with van der Waals surface area (Å²) in [5.74, 6) is -0.208. The van der Waals surface area contributed by atoms with Gasteiger partial charge in [-0.25, -0.2) is 9.48 Å². The van der Waals surface area contributed by atoms with E-state index in [1.807, 2.05) is 48.9 Å². The number of benzene rings is 2. The molecule has 6 heteroatoms. The number of para-hydroxylation sites is 1. The van der Waals surface area contributed by atoms with Crippen molar-refractivity contribution in [1.82, 2.24) is 9.78 Å². The number of carbonyl (C=O) groups excluding carboxylic acids is 2. The van der Waals surface area contributed by atoms with Crippen LogP contribution in [0.4, 0.5) is 0 Å². The topological polar surface area (TPSA) is 70.4 Å². The third-order valence-corrected chi connectivity index (χ3v) is 4.77. The number of hydrogen-bond donors (Lipinski definition) is 0. The molecule has 0 amide bonds. The van der Waals surface area contributed by atoms with Crippen LogP contribution in [0.3, 0.4) is 0 Å². The van der Waals surface area contributed by atoms with E-state index < -0.39 is 12.1 Å². The fourth-order valence-electron chi connectivity index (χ4n) is 3.12. The van der Waals surface area contributed by atoms with Gasteiger partial charge in [-0.3, -0.25) is 4.79 Å². The van der Waals surface area contributed by atoms with Gasteiger partial charge in [0.1, 0.15) is 5.75 Å². The Morgan fingerprint density at radius 2 is 1.70 bits per heavy atom. The van der Waals surface area contributed by atoms with Crippen molar-refractivity contribution in [3.05, 3.63) is 83.2 Å². The predicted octanol–water partition coefficient (Wildman–Crippen LogP) is 4.33. The summed E-state index contributed by atoms with van der Waals surface area (Å²) >= 11 is 0. The van der Waals surface area contributed by atoms with E-state index in [0.29, 0.717) is 11.3 Å². The van der Waals surface area contributed by atoms with Gasteiger partial charge in [-0.2, -0.15) is 5.10 Å². The van der Waals surface area contributed by atoms with Crippen molar-refractivity contribution in [2.24, 2.45) is 0 Å². The van der Waals surface area contributed by atoms with E-state index >= 15 is 0 Å². The Morgan fingerprint density at radius 1 is 1.03 bits per heavy atom. The van der Waals surface area contributed by atoms with Gasteiger partial charge < -0.3 is 9.47 Å². The minimum atomic E-state index is -0.898. The molecule has 0 saturated heterocycles. The molecule has 30 heavy (non-hydrogen) atoms. The van der Waals surface area contributed by atoms with Crippen LogP contribution in [-0.2, 0) is 9.53 Å². The van der Waals surface area contributed by atoms with Gasteiger partial charge in [0.15, 0.2) is 6.10 Å². The van der Waals surface area contributed by atoms with Gasteiger partial charge in [0, 0.05) is 22.9 Å². The first-order chi connectivity index (χ1) is 14.4. The third kappa shape index (κ3) is 4.66. The molecule has 0 aliphatic carbocycles. The number of Topliss-reactive ketones (excluding diaryl/α,β-unsaturated/α-hetero) is 1. The van der Waals surface area contributed by atoms with Crippen LogP contribution in [-0.4, -0.2) is 34.7 Å². The largest absolute Gasteiger partial charge is 0.497 e. The minimum Gasteiger partial charge on any atom is -0.497 e. The van der Waals surface area contributed by atoms with Crippen LogP contribution in [0.1, 0.15) is 34.2 Å². The molecule has 3 aromatic rings. The molecule has 0 saturated carbocycles. The monoisotopic (exact) mass is 404 g/mol. The smallest absolute Gasteiger partial charge is 0.331 e.